The maximum Gasteiger partial charge on any atom is 0.317 e. The molecule has 0 aliphatic carbocycles. The van der Waals surface area contributed by atoms with E-state index >= 15 is 0 Å². The Balaban J connectivity index is 1.60. The quantitative estimate of drug-likeness (QED) is 0.878. The average Bonchev–Trinajstić information content (AvgIpc) is 2.66. The lowest BCUT2D eigenvalue weighted by Crippen LogP contribution is -2.47. The summed E-state index contributed by atoms with van der Waals surface area (Å²) in [4.78, 5) is 14.0. The van der Waals surface area contributed by atoms with Crippen molar-refractivity contribution in [2.24, 2.45) is 0 Å². The second-order valence-corrected chi connectivity index (χ2v) is 6.64. The standard InChI is InChI=1S/C21H26N2O2/c24-19-12-7-15-23(16-19)21(25)22-14-13-20(17-8-3-1-4-9-17)18-10-5-2-6-11-18/h1-6,8-11,19-20,24H,7,12-16H2,(H,22,25). The van der Waals surface area contributed by atoms with Crippen LogP contribution in [0.4, 0.5) is 4.79 Å². The van der Waals surface area contributed by atoms with Crippen LogP contribution in [0.5, 0.6) is 0 Å². The first-order chi connectivity index (χ1) is 12.2. The van der Waals surface area contributed by atoms with Crippen LogP contribution in [-0.4, -0.2) is 41.8 Å². The number of benzene rings is 2. The molecular formula is C21H26N2O2. The van der Waals surface area contributed by atoms with Crippen molar-refractivity contribution in [3.8, 4) is 0 Å². The van der Waals surface area contributed by atoms with Crippen LogP contribution in [0.3, 0.4) is 0 Å². The second kappa shape index (κ2) is 8.67. The fourth-order valence-corrected chi connectivity index (χ4v) is 3.47. The Bertz CT molecular complexity index is 621. The van der Waals surface area contributed by atoms with E-state index in [4.69, 9.17) is 0 Å². The lowest BCUT2D eigenvalue weighted by atomic mass is 9.88. The van der Waals surface area contributed by atoms with Gasteiger partial charge in [0.1, 0.15) is 0 Å². The maximum atomic E-state index is 12.3. The van der Waals surface area contributed by atoms with Crippen molar-refractivity contribution in [2.45, 2.75) is 31.3 Å². The molecule has 0 spiro atoms. The average molecular weight is 338 g/mol. The summed E-state index contributed by atoms with van der Waals surface area (Å²) in [6, 6.07) is 20.8. The van der Waals surface area contributed by atoms with Crippen LogP contribution in [0, 0.1) is 0 Å². The first-order valence-electron chi connectivity index (χ1n) is 9.05. The highest BCUT2D eigenvalue weighted by Crippen LogP contribution is 2.27. The minimum Gasteiger partial charge on any atom is -0.391 e. The summed E-state index contributed by atoms with van der Waals surface area (Å²) in [5.41, 5.74) is 2.52. The van der Waals surface area contributed by atoms with E-state index in [0.29, 0.717) is 13.1 Å². The number of rotatable bonds is 5. The number of likely N-dealkylation sites (tertiary alicyclic amines) is 1. The van der Waals surface area contributed by atoms with E-state index in [0.717, 1.165) is 25.8 Å². The maximum absolute atomic E-state index is 12.3. The molecule has 132 valence electrons. The van der Waals surface area contributed by atoms with Gasteiger partial charge in [-0.2, -0.15) is 0 Å². The van der Waals surface area contributed by atoms with Crippen molar-refractivity contribution >= 4 is 6.03 Å². The summed E-state index contributed by atoms with van der Waals surface area (Å²) in [6.07, 6.45) is 2.11. The third-order valence-electron chi connectivity index (χ3n) is 4.80. The van der Waals surface area contributed by atoms with Crippen molar-refractivity contribution in [2.75, 3.05) is 19.6 Å². The van der Waals surface area contributed by atoms with Crippen molar-refractivity contribution in [3.63, 3.8) is 0 Å². The number of carbonyl (C=O) groups excluding carboxylic acids is 1. The lowest BCUT2D eigenvalue weighted by Gasteiger charge is -2.30. The Hall–Kier alpha value is -2.33. The molecule has 1 aliphatic heterocycles. The Morgan fingerprint density at radius 2 is 1.68 bits per heavy atom. The Morgan fingerprint density at radius 3 is 2.24 bits per heavy atom. The van der Waals surface area contributed by atoms with E-state index in [2.05, 4.69) is 53.8 Å². The normalized spacial score (nSPS) is 17.5. The van der Waals surface area contributed by atoms with Gasteiger partial charge >= 0.3 is 6.03 Å². The minimum atomic E-state index is -0.388. The molecule has 0 saturated carbocycles. The zero-order valence-corrected chi connectivity index (χ0v) is 14.5. The molecule has 1 heterocycles. The predicted octanol–water partition coefficient (Wildman–Crippen LogP) is 3.37. The molecule has 1 saturated heterocycles. The summed E-state index contributed by atoms with van der Waals surface area (Å²) >= 11 is 0. The smallest absolute Gasteiger partial charge is 0.317 e. The predicted molar refractivity (Wildman–Crippen MR) is 99.6 cm³/mol. The van der Waals surface area contributed by atoms with Crippen LogP contribution in [0.2, 0.25) is 0 Å². The summed E-state index contributed by atoms with van der Waals surface area (Å²) < 4.78 is 0. The summed E-state index contributed by atoms with van der Waals surface area (Å²) in [6.45, 7) is 1.77. The summed E-state index contributed by atoms with van der Waals surface area (Å²) in [5.74, 6) is 0.259. The van der Waals surface area contributed by atoms with Gasteiger partial charge in [-0.05, 0) is 30.4 Å². The van der Waals surface area contributed by atoms with E-state index in [1.54, 1.807) is 4.90 Å². The molecule has 2 amide bonds. The van der Waals surface area contributed by atoms with Crippen LogP contribution in [0.1, 0.15) is 36.3 Å². The molecule has 25 heavy (non-hydrogen) atoms. The number of nitrogens with zero attached hydrogens (tertiary/aromatic N) is 1. The molecule has 0 aromatic heterocycles. The zero-order valence-electron chi connectivity index (χ0n) is 14.5. The van der Waals surface area contributed by atoms with E-state index in [1.807, 2.05) is 12.1 Å². The van der Waals surface area contributed by atoms with E-state index in [1.165, 1.54) is 11.1 Å². The molecule has 1 aliphatic rings. The van der Waals surface area contributed by atoms with Crippen LogP contribution < -0.4 is 5.32 Å². The molecule has 1 atom stereocenters. The Labute approximate surface area is 149 Å². The third-order valence-corrected chi connectivity index (χ3v) is 4.80. The van der Waals surface area contributed by atoms with E-state index in [9.17, 15) is 9.90 Å². The molecule has 2 aromatic carbocycles. The van der Waals surface area contributed by atoms with Gasteiger partial charge in [0, 0.05) is 25.6 Å². The van der Waals surface area contributed by atoms with Gasteiger partial charge in [-0.3, -0.25) is 0 Å². The highest BCUT2D eigenvalue weighted by molar-refractivity contribution is 5.74. The van der Waals surface area contributed by atoms with Gasteiger partial charge in [-0.15, -0.1) is 0 Å². The van der Waals surface area contributed by atoms with Crippen LogP contribution >= 0.6 is 0 Å². The monoisotopic (exact) mass is 338 g/mol. The number of nitrogens with one attached hydrogen (secondary N) is 1. The highest BCUT2D eigenvalue weighted by atomic mass is 16.3. The summed E-state index contributed by atoms with van der Waals surface area (Å²) in [5, 5.41) is 12.7. The van der Waals surface area contributed by atoms with Crippen molar-refractivity contribution in [3.05, 3.63) is 71.8 Å². The lowest BCUT2D eigenvalue weighted by molar-refractivity contribution is 0.0843. The minimum absolute atomic E-state index is 0.0707. The van der Waals surface area contributed by atoms with Crippen LogP contribution in [-0.2, 0) is 0 Å². The highest BCUT2D eigenvalue weighted by Gasteiger charge is 2.22. The molecule has 4 heteroatoms. The Morgan fingerprint density at radius 1 is 1.08 bits per heavy atom. The van der Waals surface area contributed by atoms with E-state index in [-0.39, 0.29) is 18.1 Å². The molecule has 1 fully saturated rings. The summed E-state index contributed by atoms with van der Waals surface area (Å²) in [7, 11) is 0. The van der Waals surface area contributed by atoms with Gasteiger partial charge in [-0.25, -0.2) is 4.79 Å². The van der Waals surface area contributed by atoms with Gasteiger partial charge in [0.25, 0.3) is 0 Å². The van der Waals surface area contributed by atoms with E-state index < -0.39 is 0 Å². The van der Waals surface area contributed by atoms with Crippen LogP contribution in [0.15, 0.2) is 60.7 Å². The largest absolute Gasteiger partial charge is 0.391 e. The van der Waals surface area contributed by atoms with Crippen LogP contribution in [0.25, 0.3) is 0 Å². The van der Waals surface area contributed by atoms with Crippen molar-refractivity contribution < 1.29 is 9.90 Å². The number of urea groups is 1. The number of hydrogen-bond donors (Lipinski definition) is 2. The number of aliphatic hydroxyl groups is 1. The van der Waals surface area contributed by atoms with Crippen molar-refractivity contribution in [1.29, 1.82) is 0 Å². The first-order valence-corrected chi connectivity index (χ1v) is 9.05. The fraction of sp³-hybridized carbons (Fsp3) is 0.381. The number of carbonyl (C=O) groups is 1. The number of aliphatic hydroxyl groups excluding tert-OH is 1. The molecule has 4 nitrogen and oxygen atoms in total. The first kappa shape index (κ1) is 17.5. The molecule has 3 rings (SSSR count). The van der Waals surface area contributed by atoms with Gasteiger partial charge in [0.15, 0.2) is 0 Å². The van der Waals surface area contributed by atoms with Gasteiger partial charge < -0.3 is 15.3 Å². The number of hydrogen-bond acceptors (Lipinski definition) is 2. The van der Waals surface area contributed by atoms with Gasteiger partial charge in [0.2, 0.25) is 0 Å². The SMILES string of the molecule is O=C(NCCC(c1ccccc1)c1ccccc1)N1CCCC(O)C1. The number of amides is 2. The fourth-order valence-electron chi connectivity index (χ4n) is 3.47. The number of β-amino-alcohol motifs (C(OH)–C–C–N with tert-alkyl or cyclic N) is 1. The number of piperidine rings is 1. The second-order valence-electron chi connectivity index (χ2n) is 6.64. The topological polar surface area (TPSA) is 52.6 Å². The molecule has 2 N–H and O–H groups in total. The van der Waals surface area contributed by atoms with Gasteiger partial charge in [0.05, 0.1) is 6.10 Å². The third kappa shape index (κ3) is 4.83. The molecule has 0 radical (unpaired) electrons. The molecule has 2 aromatic rings. The molecule has 0 bridgehead atoms. The Kier molecular flexibility index (Phi) is 6.07. The molecular weight excluding hydrogens is 312 g/mol. The zero-order chi connectivity index (χ0) is 17.5. The van der Waals surface area contributed by atoms with Crippen molar-refractivity contribution in [1.82, 2.24) is 10.2 Å². The molecule has 1 unspecified atom stereocenters. The van der Waals surface area contributed by atoms with Gasteiger partial charge in [-0.1, -0.05) is 60.7 Å².